The first-order valence-corrected chi connectivity index (χ1v) is 14.1. The lowest BCUT2D eigenvalue weighted by atomic mass is 9.77. The zero-order valence-electron chi connectivity index (χ0n) is 20.9. The molecule has 3 aliphatic rings. The molecule has 0 aromatic carbocycles. The molecule has 2 saturated heterocycles. The van der Waals surface area contributed by atoms with Crippen molar-refractivity contribution in [3.05, 3.63) is 47.8 Å². The van der Waals surface area contributed by atoms with E-state index in [1.165, 1.54) is 10.7 Å². The Hall–Kier alpha value is -3.75. The second kappa shape index (κ2) is 9.71. The fourth-order valence-electron chi connectivity index (χ4n) is 6.43. The van der Waals surface area contributed by atoms with Gasteiger partial charge in [0.1, 0.15) is 11.4 Å². The standard InChI is InChI=1S/C25H27N9O4S.CH4/c26-22-21(39(37)38)20(14-8-15-3-4-16(9-14)33(15)24(35)18-12-28-32-31-18)30-23-17(11-29-34(22)23)13-2-5-19(27-10-13)25(36)6-1-7-25;/h2,5,10-12,14-16,36H,1,3-4,6-9,26H2,(H,37,38)(H,28,31,32);1H4/p-1/t14?,15-,16+;. The molecule has 0 radical (unpaired) electrons. The summed E-state index contributed by atoms with van der Waals surface area (Å²) in [4.78, 5) is 24.2. The third-order valence-electron chi connectivity index (χ3n) is 8.55. The number of anilines is 1. The number of pyridine rings is 1. The number of carbonyl (C=O) groups excluding carboxylic acids is 1. The van der Waals surface area contributed by atoms with Gasteiger partial charge in [-0.05, 0) is 62.1 Å². The fourth-order valence-corrected chi connectivity index (χ4v) is 7.07. The average molecular weight is 565 g/mol. The van der Waals surface area contributed by atoms with E-state index in [4.69, 9.17) is 10.7 Å². The van der Waals surface area contributed by atoms with Crippen molar-refractivity contribution in [3.63, 3.8) is 0 Å². The number of aromatic amines is 1. The van der Waals surface area contributed by atoms with Crippen LogP contribution in [0.2, 0.25) is 0 Å². The first-order valence-electron chi connectivity index (χ1n) is 13.0. The Kier molecular flexibility index (Phi) is 6.43. The summed E-state index contributed by atoms with van der Waals surface area (Å²) in [7, 11) is 0. The molecular formula is C26H30N9O4S-. The van der Waals surface area contributed by atoms with Crippen molar-refractivity contribution in [2.75, 3.05) is 5.73 Å². The third kappa shape index (κ3) is 4.00. The monoisotopic (exact) mass is 564 g/mol. The molecule has 1 amide bonds. The van der Waals surface area contributed by atoms with Crippen molar-refractivity contribution < 1.29 is 18.7 Å². The predicted molar refractivity (Wildman–Crippen MR) is 144 cm³/mol. The Morgan fingerprint density at radius 2 is 1.93 bits per heavy atom. The first-order chi connectivity index (χ1) is 18.8. The van der Waals surface area contributed by atoms with Gasteiger partial charge >= 0.3 is 0 Å². The quantitative estimate of drug-likeness (QED) is 0.303. The molecule has 14 heteroatoms. The molecule has 6 heterocycles. The highest BCUT2D eigenvalue weighted by molar-refractivity contribution is 7.79. The van der Waals surface area contributed by atoms with E-state index in [0.29, 0.717) is 48.3 Å². The van der Waals surface area contributed by atoms with Gasteiger partial charge in [-0.25, -0.2) is 4.98 Å². The number of H-pyrrole nitrogens is 1. The molecule has 7 rings (SSSR count). The summed E-state index contributed by atoms with van der Waals surface area (Å²) in [6, 6.07) is 3.54. The zero-order chi connectivity index (χ0) is 26.9. The molecule has 3 fully saturated rings. The molecule has 4 aromatic rings. The topological polar surface area (TPSA) is 191 Å². The summed E-state index contributed by atoms with van der Waals surface area (Å²) >= 11 is -2.64. The van der Waals surface area contributed by atoms with Gasteiger partial charge in [0, 0.05) is 35.3 Å². The lowest BCUT2D eigenvalue weighted by molar-refractivity contribution is -0.0426. The molecule has 1 aliphatic carbocycles. The first kappa shape index (κ1) is 26.5. The van der Waals surface area contributed by atoms with Crippen molar-refractivity contribution in [3.8, 4) is 11.1 Å². The highest BCUT2D eigenvalue weighted by Crippen LogP contribution is 2.45. The van der Waals surface area contributed by atoms with E-state index in [2.05, 4.69) is 25.5 Å². The number of aromatic nitrogens is 7. The van der Waals surface area contributed by atoms with Crippen molar-refractivity contribution >= 4 is 28.5 Å². The Balaban J connectivity index is 0.00000289. The average Bonchev–Trinajstić information content (AvgIpc) is 3.65. The lowest BCUT2D eigenvalue weighted by Gasteiger charge is -2.39. The highest BCUT2D eigenvalue weighted by Gasteiger charge is 2.45. The minimum atomic E-state index is -2.64. The number of carbonyl (C=O) groups is 1. The molecule has 4 aromatic heterocycles. The SMILES string of the molecule is C.Nc1c(S(=O)[O-])c(C2C[C@H]3CC[C@@H](C2)N3C(=O)c2cn[nH]n2)nc2c(-c3ccc(C4(O)CCC4)nc3)cnn12. The summed E-state index contributed by atoms with van der Waals surface area (Å²) in [6.07, 6.45) is 9.80. The largest absolute Gasteiger partial charge is 0.768 e. The van der Waals surface area contributed by atoms with E-state index in [1.807, 2.05) is 17.0 Å². The van der Waals surface area contributed by atoms with Gasteiger partial charge in [-0.3, -0.25) is 14.0 Å². The summed E-state index contributed by atoms with van der Waals surface area (Å²) < 4.78 is 26.1. The number of amides is 1. The third-order valence-corrected chi connectivity index (χ3v) is 9.30. The van der Waals surface area contributed by atoms with E-state index >= 15 is 0 Å². The second-order valence-corrected chi connectivity index (χ2v) is 11.6. The molecule has 0 spiro atoms. The van der Waals surface area contributed by atoms with Gasteiger partial charge in [-0.1, -0.05) is 13.5 Å². The summed E-state index contributed by atoms with van der Waals surface area (Å²) in [5.41, 5.74) is 8.64. The number of nitrogens with two attached hydrogens (primary N) is 1. The van der Waals surface area contributed by atoms with Gasteiger partial charge in [0.05, 0.1) is 28.7 Å². The molecule has 210 valence electrons. The van der Waals surface area contributed by atoms with E-state index in [9.17, 15) is 18.7 Å². The van der Waals surface area contributed by atoms with E-state index in [-0.39, 0.29) is 47.7 Å². The number of rotatable bonds is 5. The van der Waals surface area contributed by atoms with E-state index in [1.54, 1.807) is 12.4 Å². The van der Waals surface area contributed by atoms with Crippen LogP contribution in [0.1, 0.15) is 80.2 Å². The van der Waals surface area contributed by atoms with Crippen molar-refractivity contribution in [1.82, 2.24) is 39.9 Å². The fraction of sp³-hybridized carbons (Fsp3) is 0.462. The van der Waals surface area contributed by atoms with Gasteiger partial charge in [-0.2, -0.15) is 25.0 Å². The molecule has 1 saturated carbocycles. The van der Waals surface area contributed by atoms with E-state index in [0.717, 1.165) is 24.8 Å². The molecule has 2 aliphatic heterocycles. The molecule has 2 bridgehead atoms. The van der Waals surface area contributed by atoms with Crippen molar-refractivity contribution in [2.45, 2.75) is 80.9 Å². The van der Waals surface area contributed by atoms with Crippen molar-refractivity contribution in [2.24, 2.45) is 0 Å². The van der Waals surface area contributed by atoms with Gasteiger partial charge in [0.15, 0.2) is 11.3 Å². The Morgan fingerprint density at radius 1 is 1.18 bits per heavy atom. The van der Waals surface area contributed by atoms with Crippen LogP contribution in [0.15, 0.2) is 35.6 Å². The van der Waals surface area contributed by atoms with Gasteiger partial charge in [0.2, 0.25) is 0 Å². The summed E-state index contributed by atoms with van der Waals surface area (Å²) in [5, 5.41) is 25.1. The van der Waals surface area contributed by atoms with Crippen LogP contribution in [0.5, 0.6) is 0 Å². The van der Waals surface area contributed by atoms with Crippen LogP contribution in [0, 0.1) is 0 Å². The minimum Gasteiger partial charge on any atom is -0.768 e. The van der Waals surface area contributed by atoms with Gasteiger partial charge in [-0.15, -0.1) is 0 Å². The number of nitrogens with one attached hydrogen (secondary N) is 1. The minimum absolute atomic E-state index is 0. The Bertz CT molecular complexity index is 1590. The zero-order valence-corrected chi connectivity index (χ0v) is 21.7. The Labute approximate surface area is 232 Å². The van der Waals surface area contributed by atoms with Gasteiger partial charge in [0.25, 0.3) is 5.91 Å². The van der Waals surface area contributed by atoms with Crippen LogP contribution in [0.25, 0.3) is 16.8 Å². The number of piperidine rings is 1. The van der Waals surface area contributed by atoms with Crippen molar-refractivity contribution in [1.29, 1.82) is 0 Å². The smallest absolute Gasteiger partial charge is 0.276 e. The molecule has 13 nitrogen and oxygen atoms in total. The summed E-state index contributed by atoms with van der Waals surface area (Å²) in [5.74, 6) is -0.387. The van der Waals surface area contributed by atoms with Crippen LogP contribution in [0.3, 0.4) is 0 Å². The number of nitrogens with zero attached hydrogens (tertiary/aromatic N) is 7. The maximum atomic E-state index is 13.1. The maximum absolute atomic E-state index is 13.1. The molecule has 40 heavy (non-hydrogen) atoms. The van der Waals surface area contributed by atoms with Crippen LogP contribution in [0.4, 0.5) is 5.82 Å². The predicted octanol–water partition coefficient (Wildman–Crippen LogP) is 2.29. The number of hydrogen-bond donors (Lipinski definition) is 3. The highest BCUT2D eigenvalue weighted by atomic mass is 32.2. The number of nitrogen functional groups attached to an aromatic ring is 1. The molecule has 2 unspecified atom stereocenters. The van der Waals surface area contributed by atoms with Crippen LogP contribution in [-0.2, 0) is 16.7 Å². The normalized spacial score (nSPS) is 23.9. The number of hydrogen-bond acceptors (Lipinski definition) is 10. The Morgan fingerprint density at radius 3 is 2.50 bits per heavy atom. The van der Waals surface area contributed by atoms with Crippen LogP contribution >= 0.6 is 0 Å². The molecular weight excluding hydrogens is 534 g/mol. The molecule has 4 N–H and O–H groups in total. The van der Waals surface area contributed by atoms with Crippen LogP contribution in [-0.4, -0.2) is 71.8 Å². The maximum Gasteiger partial charge on any atom is 0.276 e. The molecule has 4 atom stereocenters. The summed E-state index contributed by atoms with van der Waals surface area (Å²) in [6.45, 7) is 0. The lowest BCUT2D eigenvalue weighted by Crippen LogP contribution is -2.46. The van der Waals surface area contributed by atoms with Gasteiger partial charge < -0.3 is 20.3 Å². The number of aliphatic hydroxyl groups is 1. The second-order valence-electron chi connectivity index (χ2n) is 10.7. The number of fused-ring (bicyclic) bond motifs is 3. The van der Waals surface area contributed by atoms with Crippen LogP contribution < -0.4 is 5.73 Å². The van der Waals surface area contributed by atoms with E-state index < -0.39 is 16.7 Å².